The number of hydrogen-bond acceptors (Lipinski definition) is 2. The minimum atomic E-state index is 0.883. The quantitative estimate of drug-likeness (QED) is 0.163. The van der Waals surface area contributed by atoms with Crippen molar-refractivity contribution in [1.82, 2.24) is 4.57 Å². The highest BCUT2D eigenvalue weighted by Crippen LogP contribution is 2.42. The fourth-order valence-electron chi connectivity index (χ4n) is 8.53. The Balaban J connectivity index is 1.10. The maximum Gasteiger partial charge on any atom is 0.136 e. The van der Waals surface area contributed by atoms with Crippen molar-refractivity contribution >= 4 is 60.8 Å². The van der Waals surface area contributed by atoms with E-state index in [0.717, 1.165) is 72.5 Å². The van der Waals surface area contributed by atoms with Gasteiger partial charge in [0.25, 0.3) is 0 Å². The molecule has 0 saturated heterocycles. The van der Waals surface area contributed by atoms with E-state index >= 15 is 0 Å². The molecule has 0 amide bonds. The van der Waals surface area contributed by atoms with Crippen LogP contribution in [-0.2, 0) is 0 Å². The number of fused-ring (bicyclic) bond motifs is 6. The molecule has 0 radical (unpaired) electrons. The van der Waals surface area contributed by atoms with Crippen LogP contribution in [0.5, 0.6) is 0 Å². The summed E-state index contributed by atoms with van der Waals surface area (Å²) in [7, 11) is 0. The molecule has 0 N–H and O–H groups in total. The lowest BCUT2D eigenvalue weighted by Crippen LogP contribution is -2.09. The smallest absolute Gasteiger partial charge is 0.136 e. The minimum absolute atomic E-state index is 0.883. The van der Waals surface area contributed by atoms with E-state index in [4.69, 9.17) is 4.42 Å². The van der Waals surface area contributed by atoms with Crippen LogP contribution in [0.4, 0.5) is 17.1 Å². The summed E-state index contributed by atoms with van der Waals surface area (Å²) in [5.41, 5.74) is 15.5. The number of nitrogens with zero attached hydrogens (tertiary/aromatic N) is 2. The van der Waals surface area contributed by atoms with Gasteiger partial charge in [0.1, 0.15) is 11.2 Å². The molecule has 0 aliphatic rings. The maximum absolute atomic E-state index is 6.44. The molecule has 0 aliphatic carbocycles. The number of hydrogen-bond donors (Lipinski definition) is 0. The molecule has 9 aromatic carbocycles. The lowest BCUT2D eigenvalue weighted by Gasteiger charge is -2.26. The molecule has 0 fully saturated rings. The lowest BCUT2D eigenvalue weighted by molar-refractivity contribution is 0.669. The van der Waals surface area contributed by atoms with Crippen molar-refractivity contribution in [3.8, 4) is 39.1 Å². The molecule has 57 heavy (non-hydrogen) atoms. The van der Waals surface area contributed by atoms with Gasteiger partial charge >= 0.3 is 0 Å². The van der Waals surface area contributed by atoms with E-state index in [1.54, 1.807) is 0 Å². The van der Waals surface area contributed by atoms with Crippen LogP contribution in [0.1, 0.15) is 0 Å². The molecule has 0 unspecified atom stereocenters. The van der Waals surface area contributed by atoms with Crippen molar-refractivity contribution in [1.29, 1.82) is 0 Å². The van der Waals surface area contributed by atoms with Gasteiger partial charge in [-0.3, -0.25) is 0 Å². The number of benzene rings is 9. The number of anilines is 3. The van der Waals surface area contributed by atoms with Crippen molar-refractivity contribution in [2.24, 2.45) is 0 Å². The Bertz CT molecular complexity index is 3190. The molecule has 0 atom stereocenters. The van der Waals surface area contributed by atoms with Crippen LogP contribution in [0.3, 0.4) is 0 Å². The largest absolute Gasteiger partial charge is 0.456 e. The van der Waals surface area contributed by atoms with E-state index < -0.39 is 0 Å². The predicted molar refractivity (Wildman–Crippen MR) is 239 cm³/mol. The van der Waals surface area contributed by atoms with Crippen LogP contribution in [-0.4, -0.2) is 4.57 Å². The van der Waals surface area contributed by atoms with Crippen LogP contribution in [0.15, 0.2) is 223 Å². The molecular weight excluding hydrogens is 693 g/mol. The number of para-hydroxylation sites is 5. The molecule has 0 spiro atoms. The van der Waals surface area contributed by atoms with Gasteiger partial charge in [0.05, 0.1) is 11.0 Å². The molecule has 268 valence electrons. The molecule has 2 heterocycles. The lowest BCUT2D eigenvalue weighted by atomic mass is 9.90. The van der Waals surface area contributed by atoms with E-state index in [9.17, 15) is 0 Å². The monoisotopic (exact) mass is 728 g/mol. The Morgan fingerprint density at radius 3 is 1.68 bits per heavy atom. The average Bonchev–Trinajstić information content (AvgIpc) is 3.82. The first-order chi connectivity index (χ1) is 28.3. The van der Waals surface area contributed by atoms with Crippen molar-refractivity contribution in [3.05, 3.63) is 218 Å². The summed E-state index contributed by atoms with van der Waals surface area (Å²) in [5.74, 6) is 0. The highest BCUT2D eigenvalue weighted by atomic mass is 16.3. The summed E-state index contributed by atoms with van der Waals surface area (Å²) >= 11 is 0. The second-order valence-corrected chi connectivity index (χ2v) is 14.5. The standard InChI is InChI=1S/C54H36N2O/c1-4-16-41(17-5-1)55(42-18-6-2-7-19-42)44-22-14-15-39(33-44)45-30-27-37(34-49(45)40-28-31-48-47-24-11-13-26-53(47)57-54(48)36-40)38-29-32-52-50(35-38)46-23-10-12-25-51(46)56(52)43-20-8-3-9-21-43/h1-36H. The second-order valence-electron chi connectivity index (χ2n) is 14.5. The van der Waals surface area contributed by atoms with Crippen LogP contribution in [0.2, 0.25) is 0 Å². The average molecular weight is 729 g/mol. The summed E-state index contributed by atoms with van der Waals surface area (Å²) in [6, 6.07) is 78.2. The van der Waals surface area contributed by atoms with Crippen molar-refractivity contribution < 1.29 is 4.42 Å². The van der Waals surface area contributed by atoms with Gasteiger partial charge in [0.2, 0.25) is 0 Å². The molecular formula is C54H36N2O. The number of furan rings is 1. The maximum atomic E-state index is 6.44. The minimum Gasteiger partial charge on any atom is -0.456 e. The molecule has 2 aromatic heterocycles. The normalized spacial score (nSPS) is 11.5. The zero-order valence-corrected chi connectivity index (χ0v) is 31.1. The molecule has 11 rings (SSSR count). The summed E-state index contributed by atoms with van der Waals surface area (Å²) in [4.78, 5) is 2.32. The molecule has 0 aliphatic heterocycles. The summed E-state index contributed by atoms with van der Waals surface area (Å²) in [6.07, 6.45) is 0. The van der Waals surface area contributed by atoms with Crippen LogP contribution >= 0.6 is 0 Å². The Morgan fingerprint density at radius 1 is 0.316 bits per heavy atom. The second kappa shape index (κ2) is 13.6. The molecule has 0 bridgehead atoms. The third-order valence-corrected chi connectivity index (χ3v) is 11.2. The van der Waals surface area contributed by atoms with Gasteiger partial charge in [-0.2, -0.15) is 0 Å². The topological polar surface area (TPSA) is 21.3 Å². The van der Waals surface area contributed by atoms with Gasteiger partial charge in [-0.25, -0.2) is 0 Å². The molecule has 0 saturated carbocycles. The van der Waals surface area contributed by atoms with E-state index in [2.05, 4.69) is 216 Å². The van der Waals surface area contributed by atoms with Crippen LogP contribution < -0.4 is 4.90 Å². The van der Waals surface area contributed by atoms with Gasteiger partial charge < -0.3 is 13.9 Å². The first-order valence-electron chi connectivity index (χ1n) is 19.4. The van der Waals surface area contributed by atoms with E-state index in [1.165, 1.54) is 27.4 Å². The Hall–Kier alpha value is -7.62. The predicted octanol–water partition coefficient (Wildman–Crippen LogP) is 15.2. The SMILES string of the molecule is c1ccc(N(c2ccccc2)c2cccc(-c3ccc(-c4ccc5c(c4)c4ccccc4n5-c4ccccc4)cc3-c3ccc4c(c3)oc3ccccc34)c2)cc1. The fourth-order valence-corrected chi connectivity index (χ4v) is 8.53. The highest BCUT2D eigenvalue weighted by molar-refractivity contribution is 6.11. The van der Waals surface area contributed by atoms with Crippen molar-refractivity contribution in [2.45, 2.75) is 0 Å². The molecule has 11 aromatic rings. The van der Waals surface area contributed by atoms with Crippen LogP contribution in [0, 0.1) is 0 Å². The number of rotatable bonds is 7. The first kappa shape index (κ1) is 32.8. The van der Waals surface area contributed by atoms with E-state index in [1.807, 2.05) is 12.1 Å². The Labute approximate surface area is 330 Å². The Morgan fingerprint density at radius 2 is 0.895 bits per heavy atom. The van der Waals surface area contributed by atoms with Gasteiger partial charge in [-0.15, -0.1) is 0 Å². The molecule has 3 nitrogen and oxygen atoms in total. The van der Waals surface area contributed by atoms with Gasteiger partial charge in [-0.1, -0.05) is 127 Å². The van der Waals surface area contributed by atoms with Crippen LogP contribution in [0.25, 0.3) is 82.8 Å². The van der Waals surface area contributed by atoms with Gasteiger partial charge in [0.15, 0.2) is 0 Å². The summed E-state index contributed by atoms with van der Waals surface area (Å²) in [5, 5.41) is 4.72. The van der Waals surface area contributed by atoms with E-state index in [0.29, 0.717) is 0 Å². The highest BCUT2D eigenvalue weighted by Gasteiger charge is 2.18. The van der Waals surface area contributed by atoms with Crippen molar-refractivity contribution in [2.75, 3.05) is 4.90 Å². The molecule has 3 heteroatoms. The number of aromatic nitrogens is 1. The van der Waals surface area contributed by atoms with E-state index in [-0.39, 0.29) is 0 Å². The third-order valence-electron chi connectivity index (χ3n) is 11.2. The fraction of sp³-hybridized carbons (Fsp3) is 0. The van der Waals surface area contributed by atoms with Gasteiger partial charge in [-0.05, 0) is 124 Å². The van der Waals surface area contributed by atoms with Crippen molar-refractivity contribution in [3.63, 3.8) is 0 Å². The Kier molecular flexibility index (Phi) is 7.82. The zero-order valence-electron chi connectivity index (χ0n) is 31.1. The zero-order chi connectivity index (χ0) is 37.7. The summed E-state index contributed by atoms with van der Waals surface area (Å²) < 4.78 is 8.81. The first-order valence-corrected chi connectivity index (χ1v) is 19.4. The van der Waals surface area contributed by atoms with Gasteiger partial charge in [0, 0.05) is 44.3 Å². The summed E-state index contributed by atoms with van der Waals surface area (Å²) in [6.45, 7) is 0. The third kappa shape index (κ3) is 5.68.